The third-order valence-electron chi connectivity index (χ3n) is 12.0. The Morgan fingerprint density at radius 1 is 0.317 bits per heavy atom. The number of aryl methyl sites for hydroxylation is 2. The van der Waals surface area contributed by atoms with E-state index in [9.17, 15) is 0 Å². The Bertz CT molecular complexity index is 3430. The fourth-order valence-electron chi connectivity index (χ4n) is 9.44. The lowest BCUT2D eigenvalue weighted by atomic mass is 9.93. The summed E-state index contributed by atoms with van der Waals surface area (Å²) in [6.45, 7) is 4.32. The van der Waals surface area contributed by atoms with Crippen LogP contribution in [0.25, 0.3) is 76.2 Å². The predicted octanol–water partition coefficient (Wildman–Crippen LogP) is 16.5. The Labute approximate surface area is 346 Å². The predicted molar refractivity (Wildman–Crippen MR) is 252 cm³/mol. The number of fused-ring (bicyclic) bond motifs is 9. The van der Waals surface area contributed by atoms with Crippen molar-refractivity contribution < 1.29 is 8.83 Å². The van der Waals surface area contributed by atoms with Crippen molar-refractivity contribution in [3.63, 3.8) is 0 Å². The van der Waals surface area contributed by atoms with Crippen molar-refractivity contribution in [2.75, 3.05) is 9.80 Å². The molecule has 0 saturated carbocycles. The molecule has 4 heteroatoms. The van der Waals surface area contributed by atoms with Crippen LogP contribution < -0.4 is 9.80 Å². The summed E-state index contributed by atoms with van der Waals surface area (Å²) in [6.07, 6.45) is 0. The van der Waals surface area contributed by atoms with Crippen LogP contribution in [0.15, 0.2) is 203 Å². The normalized spacial score (nSPS) is 11.8. The lowest BCUT2D eigenvalue weighted by Gasteiger charge is -2.32. The van der Waals surface area contributed by atoms with E-state index in [4.69, 9.17) is 8.83 Å². The lowest BCUT2D eigenvalue weighted by Crippen LogP contribution is -2.14. The number of hydrogen-bond acceptors (Lipinski definition) is 4. The number of nitrogens with zero attached hydrogens (tertiary/aromatic N) is 2. The molecule has 12 rings (SSSR count). The summed E-state index contributed by atoms with van der Waals surface area (Å²) in [7, 11) is 0. The number of para-hydroxylation sites is 4. The van der Waals surface area contributed by atoms with Crippen LogP contribution in [0, 0.1) is 13.8 Å². The molecule has 60 heavy (non-hydrogen) atoms. The van der Waals surface area contributed by atoms with Gasteiger partial charge in [0, 0.05) is 54.5 Å². The molecule has 4 nitrogen and oxygen atoms in total. The minimum absolute atomic E-state index is 0.847. The Hall–Kier alpha value is -7.82. The Kier molecular flexibility index (Phi) is 7.63. The monoisotopic (exact) mass is 770 g/mol. The highest BCUT2D eigenvalue weighted by molar-refractivity contribution is 6.25. The second-order valence-electron chi connectivity index (χ2n) is 15.8. The summed E-state index contributed by atoms with van der Waals surface area (Å²) in [6, 6.07) is 69.7. The van der Waals surface area contributed by atoms with Crippen LogP contribution in [0.5, 0.6) is 0 Å². The van der Waals surface area contributed by atoms with Gasteiger partial charge in [-0.25, -0.2) is 0 Å². The number of anilines is 6. The van der Waals surface area contributed by atoms with Gasteiger partial charge in [-0.1, -0.05) is 133 Å². The minimum atomic E-state index is 0.847. The average Bonchev–Trinajstić information content (AvgIpc) is 3.86. The summed E-state index contributed by atoms with van der Waals surface area (Å²) < 4.78 is 13.7. The molecule has 0 fully saturated rings. The molecule has 0 saturated heterocycles. The molecule has 0 aliphatic carbocycles. The largest absolute Gasteiger partial charge is 0.454 e. The molecule has 0 N–H and O–H groups in total. The van der Waals surface area contributed by atoms with E-state index in [0.29, 0.717) is 0 Å². The topological polar surface area (TPSA) is 32.8 Å². The maximum Gasteiger partial charge on any atom is 0.159 e. The van der Waals surface area contributed by atoms with Crippen molar-refractivity contribution in [3.8, 4) is 0 Å². The van der Waals surface area contributed by atoms with Crippen LogP contribution >= 0.6 is 0 Å². The first-order valence-electron chi connectivity index (χ1n) is 20.5. The van der Waals surface area contributed by atoms with Crippen molar-refractivity contribution in [2.24, 2.45) is 0 Å². The van der Waals surface area contributed by atoms with E-state index in [1.165, 1.54) is 11.1 Å². The second-order valence-corrected chi connectivity index (χ2v) is 15.8. The van der Waals surface area contributed by atoms with E-state index >= 15 is 0 Å². The van der Waals surface area contributed by atoms with Crippen LogP contribution in [0.3, 0.4) is 0 Å². The Morgan fingerprint density at radius 3 is 1.15 bits per heavy atom. The molecular formula is C56H38N2O2. The highest BCUT2D eigenvalue weighted by Gasteiger charge is 2.28. The molecule has 0 aliphatic heterocycles. The molecule has 0 atom stereocenters. The molecule has 0 unspecified atom stereocenters. The fraction of sp³-hybridized carbons (Fsp3) is 0.0357. The van der Waals surface area contributed by atoms with E-state index in [0.717, 1.165) is 110 Å². The smallest absolute Gasteiger partial charge is 0.159 e. The van der Waals surface area contributed by atoms with Crippen molar-refractivity contribution in [1.82, 2.24) is 0 Å². The third kappa shape index (κ3) is 5.24. The second kappa shape index (κ2) is 13.4. The first kappa shape index (κ1) is 34.2. The lowest BCUT2D eigenvalue weighted by molar-refractivity contribution is 0.669. The molecule has 0 aliphatic rings. The van der Waals surface area contributed by atoms with Crippen molar-refractivity contribution in [2.45, 2.75) is 13.8 Å². The molecule has 0 bridgehead atoms. The number of hydrogen-bond donors (Lipinski definition) is 0. The molecule has 0 amide bonds. The molecule has 10 aromatic carbocycles. The van der Waals surface area contributed by atoms with E-state index in [2.05, 4.69) is 206 Å². The van der Waals surface area contributed by atoms with Gasteiger partial charge < -0.3 is 18.6 Å². The van der Waals surface area contributed by atoms with Crippen molar-refractivity contribution in [3.05, 3.63) is 205 Å². The van der Waals surface area contributed by atoms with Gasteiger partial charge in [-0.2, -0.15) is 0 Å². The third-order valence-corrected chi connectivity index (χ3v) is 12.0. The van der Waals surface area contributed by atoms with Crippen LogP contribution in [0.2, 0.25) is 0 Å². The summed E-state index contributed by atoms with van der Waals surface area (Å²) in [4.78, 5) is 4.86. The number of benzene rings is 10. The molecule has 2 heterocycles. The van der Waals surface area contributed by atoms with Gasteiger partial charge in [0.15, 0.2) is 11.2 Å². The van der Waals surface area contributed by atoms with Crippen LogP contribution in [-0.4, -0.2) is 0 Å². The van der Waals surface area contributed by atoms with E-state index in [1.54, 1.807) is 0 Å². The zero-order valence-corrected chi connectivity index (χ0v) is 33.2. The summed E-state index contributed by atoms with van der Waals surface area (Å²) in [5, 5.41) is 11.2. The van der Waals surface area contributed by atoms with E-state index in [-0.39, 0.29) is 0 Å². The van der Waals surface area contributed by atoms with E-state index in [1.807, 2.05) is 12.1 Å². The molecular weight excluding hydrogens is 733 g/mol. The van der Waals surface area contributed by atoms with Gasteiger partial charge in [-0.3, -0.25) is 0 Å². The van der Waals surface area contributed by atoms with Gasteiger partial charge in [-0.15, -0.1) is 0 Å². The van der Waals surface area contributed by atoms with Gasteiger partial charge >= 0.3 is 0 Å². The average molecular weight is 771 g/mol. The highest BCUT2D eigenvalue weighted by Crippen LogP contribution is 2.53. The standard InChI is InChI=1S/C56H38N2O2/c1-35-15-11-19-39(31-35)57(49-27-13-25-45-43-23-7-9-29-51(43)59-55(45)49)53-41-21-5-3-17-37(41)34-48-47(53)33-38-18-4-6-22-42(38)54(48)58(40-20-12-16-36(2)32-40)50-28-14-26-46-44-24-8-10-30-52(44)60-56(46)50/h3-34H,1-2H3. The van der Waals surface area contributed by atoms with Gasteiger partial charge in [0.05, 0.1) is 22.7 Å². The van der Waals surface area contributed by atoms with Gasteiger partial charge in [-0.05, 0) is 96.4 Å². The van der Waals surface area contributed by atoms with Crippen LogP contribution in [0.1, 0.15) is 11.1 Å². The van der Waals surface area contributed by atoms with Crippen molar-refractivity contribution >= 4 is 110 Å². The van der Waals surface area contributed by atoms with Crippen molar-refractivity contribution in [1.29, 1.82) is 0 Å². The van der Waals surface area contributed by atoms with Gasteiger partial charge in [0.25, 0.3) is 0 Å². The number of rotatable bonds is 6. The quantitative estimate of drug-likeness (QED) is 0.158. The first-order valence-corrected chi connectivity index (χ1v) is 20.5. The summed E-state index contributed by atoms with van der Waals surface area (Å²) in [5.74, 6) is 0. The zero-order chi connectivity index (χ0) is 39.9. The first-order chi connectivity index (χ1) is 29.6. The summed E-state index contributed by atoms with van der Waals surface area (Å²) >= 11 is 0. The Balaban J connectivity index is 1.26. The van der Waals surface area contributed by atoms with E-state index < -0.39 is 0 Å². The van der Waals surface area contributed by atoms with Crippen LogP contribution in [-0.2, 0) is 0 Å². The fourth-order valence-corrected chi connectivity index (χ4v) is 9.44. The Morgan fingerprint density at radius 2 is 0.700 bits per heavy atom. The molecule has 0 radical (unpaired) electrons. The maximum atomic E-state index is 6.83. The minimum Gasteiger partial charge on any atom is -0.454 e. The van der Waals surface area contributed by atoms with Gasteiger partial charge in [0.2, 0.25) is 0 Å². The highest BCUT2D eigenvalue weighted by atomic mass is 16.3. The SMILES string of the molecule is Cc1cccc(N(c2c3ccccc3cc3c(N(c4cccc(C)c4)c4cccc5c4oc4ccccc45)c4ccccc4cc23)c2cccc3c2oc2ccccc23)c1. The maximum absolute atomic E-state index is 6.83. The molecule has 2 aromatic heterocycles. The van der Waals surface area contributed by atoms with Crippen LogP contribution in [0.4, 0.5) is 34.1 Å². The number of furan rings is 2. The molecule has 12 aromatic rings. The molecule has 284 valence electrons. The summed E-state index contributed by atoms with van der Waals surface area (Å²) in [5.41, 5.74) is 12.0. The van der Waals surface area contributed by atoms with Gasteiger partial charge in [0.1, 0.15) is 11.2 Å². The zero-order valence-electron chi connectivity index (χ0n) is 33.2. The molecule has 0 spiro atoms.